The highest BCUT2D eigenvalue weighted by Crippen LogP contribution is 2.20. The van der Waals surface area contributed by atoms with E-state index in [1.54, 1.807) is 7.11 Å². The summed E-state index contributed by atoms with van der Waals surface area (Å²) in [6.45, 7) is 1.38. The molecule has 19 heavy (non-hydrogen) atoms. The third-order valence-corrected chi connectivity index (χ3v) is 3.39. The van der Waals surface area contributed by atoms with Crippen molar-refractivity contribution in [3.63, 3.8) is 0 Å². The summed E-state index contributed by atoms with van der Waals surface area (Å²) in [7, 11) is 1.64. The molecule has 0 unspecified atom stereocenters. The largest absolute Gasteiger partial charge is 0.497 e. The highest BCUT2D eigenvalue weighted by molar-refractivity contribution is 8.00. The van der Waals surface area contributed by atoms with Gasteiger partial charge in [-0.25, -0.2) is 0 Å². The van der Waals surface area contributed by atoms with Crippen LogP contribution in [0.15, 0.2) is 29.2 Å². The molecule has 108 valence electrons. The number of benzene rings is 1. The molecule has 0 aromatic heterocycles. The molecule has 0 aliphatic rings. The lowest BCUT2D eigenvalue weighted by atomic mass is 10.3. The molecule has 3 N–H and O–H groups in total. The minimum absolute atomic E-state index is 0. The fourth-order valence-corrected chi connectivity index (χ4v) is 2.10. The molecule has 0 saturated heterocycles. The zero-order chi connectivity index (χ0) is 13.2. The van der Waals surface area contributed by atoms with Crippen LogP contribution in [0.3, 0.4) is 0 Å². The van der Waals surface area contributed by atoms with Crippen LogP contribution in [-0.2, 0) is 4.79 Å². The second kappa shape index (κ2) is 11.0. The molecule has 0 heterocycles. The number of carbonyl (C=O) groups excluding carboxylic acids is 1. The molecule has 0 radical (unpaired) electrons. The maximum absolute atomic E-state index is 11.5. The quantitative estimate of drug-likeness (QED) is 0.570. The maximum Gasteiger partial charge on any atom is 0.230 e. The Balaban J connectivity index is 0.00000324. The second-order valence-electron chi connectivity index (χ2n) is 3.81. The molecule has 0 aliphatic heterocycles. The minimum atomic E-state index is 0. The summed E-state index contributed by atoms with van der Waals surface area (Å²) in [5.74, 6) is 1.33. The highest BCUT2D eigenvalue weighted by atomic mass is 35.5. The van der Waals surface area contributed by atoms with Gasteiger partial charge in [-0.2, -0.15) is 0 Å². The zero-order valence-corrected chi connectivity index (χ0v) is 12.7. The molecule has 1 rings (SSSR count). The lowest BCUT2D eigenvalue weighted by molar-refractivity contribution is -0.118. The van der Waals surface area contributed by atoms with E-state index in [4.69, 9.17) is 10.5 Å². The van der Waals surface area contributed by atoms with E-state index >= 15 is 0 Å². The van der Waals surface area contributed by atoms with Gasteiger partial charge in [0, 0.05) is 11.4 Å². The number of thioether (sulfide) groups is 1. The SMILES string of the molecule is COc1ccc(SCC(=O)NCCCCN)cc1.Cl. The number of unbranched alkanes of at least 4 members (excludes halogenated alkanes) is 1. The first kappa shape index (κ1) is 18.1. The topological polar surface area (TPSA) is 64.3 Å². The van der Waals surface area contributed by atoms with Crippen molar-refractivity contribution in [1.82, 2.24) is 5.32 Å². The summed E-state index contributed by atoms with van der Waals surface area (Å²) in [5.41, 5.74) is 5.38. The van der Waals surface area contributed by atoms with Gasteiger partial charge in [-0.1, -0.05) is 0 Å². The molecule has 1 amide bonds. The predicted molar refractivity (Wildman–Crippen MR) is 82.3 cm³/mol. The molecule has 0 fully saturated rings. The first-order valence-electron chi connectivity index (χ1n) is 6.00. The van der Waals surface area contributed by atoms with Crippen molar-refractivity contribution in [1.29, 1.82) is 0 Å². The summed E-state index contributed by atoms with van der Waals surface area (Å²) < 4.78 is 5.07. The van der Waals surface area contributed by atoms with Crippen LogP contribution < -0.4 is 15.8 Å². The van der Waals surface area contributed by atoms with Crippen LogP contribution in [0.5, 0.6) is 5.75 Å². The molecule has 1 aromatic carbocycles. The molecular weight excluding hydrogens is 284 g/mol. The average molecular weight is 305 g/mol. The van der Waals surface area contributed by atoms with Gasteiger partial charge < -0.3 is 15.8 Å². The predicted octanol–water partition coefficient (Wildman–Crippen LogP) is 2.06. The second-order valence-corrected chi connectivity index (χ2v) is 4.86. The van der Waals surface area contributed by atoms with Gasteiger partial charge in [0.05, 0.1) is 12.9 Å². The molecule has 0 aliphatic carbocycles. The summed E-state index contributed by atoms with van der Waals surface area (Å²) >= 11 is 1.52. The van der Waals surface area contributed by atoms with Gasteiger partial charge in [-0.3, -0.25) is 4.79 Å². The van der Waals surface area contributed by atoms with Crippen molar-refractivity contribution in [2.45, 2.75) is 17.7 Å². The van der Waals surface area contributed by atoms with Crippen molar-refractivity contribution in [2.75, 3.05) is 26.0 Å². The van der Waals surface area contributed by atoms with Crippen molar-refractivity contribution in [3.05, 3.63) is 24.3 Å². The first-order chi connectivity index (χ1) is 8.76. The smallest absolute Gasteiger partial charge is 0.230 e. The van der Waals surface area contributed by atoms with E-state index in [-0.39, 0.29) is 18.3 Å². The number of methoxy groups -OCH3 is 1. The Kier molecular flexibility index (Phi) is 10.4. The molecule has 6 heteroatoms. The lowest BCUT2D eigenvalue weighted by Crippen LogP contribution is -2.26. The summed E-state index contributed by atoms with van der Waals surface area (Å²) in [6, 6.07) is 7.68. The number of ether oxygens (including phenoxy) is 1. The molecule has 4 nitrogen and oxygen atoms in total. The van der Waals surface area contributed by atoms with Crippen LogP contribution in [0.1, 0.15) is 12.8 Å². The van der Waals surface area contributed by atoms with Crippen LogP contribution in [0, 0.1) is 0 Å². The summed E-state index contributed by atoms with van der Waals surface area (Å²) in [4.78, 5) is 12.6. The van der Waals surface area contributed by atoms with Crippen molar-refractivity contribution >= 4 is 30.1 Å². The van der Waals surface area contributed by atoms with E-state index in [0.29, 0.717) is 18.8 Å². The molecule has 0 spiro atoms. The lowest BCUT2D eigenvalue weighted by Gasteiger charge is -2.05. The number of halogens is 1. The van der Waals surface area contributed by atoms with E-state index < -0.39 is 0 Å². The van der Waals surface area contributed by atoms with Crippen LogP contribution >= 0.6 is 24.2 Å². The number of nitrogens with one attached hydrogen (secondary N) is 1. The summed E-state index contributed by atoms with van der Waals surface area (Å²) in [5, 5.41) is 2.87. The number of hydrogen-bond acceptors (Lipinski definition) is 4. The Hall–Kier alpha value is -0.910. The van der Waals surface area contributed by atoms with Crippen molar-refractivity contribution < 1.29 is 9.53 Å². The third kappa shape index (κ3) is 7.97. The molecule has 1 aromatic rings. The molecular formula is C13H21ClN2O2S. The van der Waals surface area contributed by atoms with Crippen LogP contribution in [-0.4, -0.2) is 31.9 Å². The first-order valence-corrected chi connectivity index (χ1v) is 6.98. The van der Waals surface area contributed by atoms with Crippen molar-refractivity contribution in [2.24, 2.45) is 5.73 Å². The maximum atomic E-state index is 11.5. The van der Waals surface area contributed by atoms with E-state index in [1.807, 2.05) is 24.3 Å². The van der Waals surface area contributed by atoms with Gasteiger partial charge in [0.15, 0.2) is 0 Å². The van der Waals surface area contributed by atoms with Gasteiger partial charge in [0.1, 0.15) is 5.75 Å². The molecule has 0 saturated carbocycles. The fraction of sp³-hybridized carbons (Fsp3) is 0.462. The van der Waals surface area contributed by atoms with Gasteiger partial charge in [0.25, 0.3) is 0 Å². The number of amides is 1. The van der Waals surface area contributed by atoms with Crippen molar-refractivity contribution in [3.8, 4) is 5.75 Å². The van der Waals surface area contributed by atoms with E-state index in [0.717, 1.165) is 23.5 Å². The number of rotatable bonds is 8. The van der Waals surface area contributed by atoms with Crippen LogP contribution in [0.2, 0.25) is 0 Å². The Morgan fingerprint density at radius 2 is 2.00 bits per heavy atom. The highest BCUT2D eigenvalue weighted by Gasteiger charge is 2.02. The zero-order valence-electron chi connectivity index (χ0n) is 11.1. The standard InChI is InChI=1S/C13H20N2O2S.ClH/c1-17-11-4-6-12(7-5-11)18-10-13(16)15-9-3-2-8-14;/h4-7H,2-3,8-10,14H2,1H3,(H,15,16);1H. The van der Waals surface area contributed by atoms with Crippen LogP contribution in [0.25, 0.3) is 0 Å². The summed E-state index contributed by atoms with van der Waals surface area (Å²) in [6.07, 6.45) is 1.89. The van der Waals surface area contributed by atoms with Gasteiger partial charge in [0.2, 0.25) is 5.91 Å². The number of nitrogens with two attached hydrogens (primary N) is 1. The van der Waals surface area contributed by atoms with Crippen LogP contribution in [0.4, 0.5) is 0 Å². The molecule has 0 bridgehead atoms. The van der Waals surface area contributed by atoms with Gasteiger partial charge in [-0.15, -0.1) is 24.2 Å². The Morgan fingerprint density at radius 1 is 1.32 bits per heavy atom. The number of hydrogen-bond donors (Lipinski definition) is 2. The number of carbonyl (C=O) groups is 1. The minimum Gasteiger partial charge on any atom is -0.497 e. The molecule has 0 atom stereocenters. The van der Waals surface area contributed by atoms with E-state index in [2.05, 4.69) is 5.32 Å². The van der Waals surface area contributed by atoms with Gasteiger partial charge >= 0.3 is 0 Å². The third-order valence-electron chi connectivity index (χ3n) is 2.38. The van der Waals surface area contributed by atoms with E-state index in [9.17, 15) is 4.79 Å². The van der Waals surface area contributed by atoms with Gasteiger partial charge in [-0.05, 0) is 43.7 Å². The monoisotopic (exact) mass is 304 g/mol. The van der Waals surface area contributed by atoms with E-state index in [1.165, 1.54) is 11.8 Å². The Bertz CT molecular complexity index is 360. The fourth-order valence-electron chi connectivity index (χ4n) is 1.37. The normalized spacial score (nSPS) is 9.58. The average Bonchev–Trinajstić information content (AvgIpc) is 2.42. The Morgan fingerprint density at radius 3 is 2.58 bits per heavy atom. The Labute approximate surface area is 124 Å².